The van der Waals surface area contributed by atoms with E-state index in [2.05, 4.69) is 11.1 Å². The second-order valence-electron chi connectivity index (χ2n) is 11.2. The highest BCUT2D eigenvalue weighted by Crippen LogP contribution is 2.51. The topological polar surface area (TPSA) is 104 Å². The fraction of sp³-hybridized carbons (Fsp3) is 0.483. The lowest BCUT2D eigenvalue weighted by Gasteiger charge is -2.38. The van der Waals surface area contributed by atoms with Crippen LogP contribution < -0.4 is 4.90 Å². The summed E-state index contributed by atoms with van der Waals surface area (Å²) in [5, 5.41) is 11.5. The standard InChI is InChI=1S/C29H34N4O4S/c1-28(10-11-28)38(36,37)32-15-12-29(13-16-32)24-9-14-30-19-26(24)33(27(29)35)20-25-23(8-4-5-17-34)22-7-3-2-6-21(22)18-31-25/h2-3,6-7,9,14,18-19,34H,4-5,8,10-13,15-17,20H2,1H3. The van der Waals surface area contributed by atoms with E-state index in [4.69, 9.17) is 4.98 Å². The van der Waals surface area contributed by atoms with Gasteiger partial charge in [0.1, 0.15) is 0 Å². The van der Waals surface area contributed by atoms with Gasteiger partial charge in [-0.3, -0.25) is 14.8 Å². The Kier molecular flexibility index (Phi) is 6.28. The molecule has 6 rings (SSSR count). The smallest absolute Gasteiger partial charge is 0.238 e. The van der Waals surface area contributed by atoms with Crippen LogP contribution in [-0.2, 0) is 33.2 Å². The van der Waals surface area contributed by atoms with Gasteiger partial charge in [0.2, 0.25) is 15.9 Å². The molecule has 0 unspecified atom stereocenters. The van der Waals surface area contributed by atoms with Gasteiger partial charge in [-0.05, 0) is 74.4 Å². The predicted molar refractivity (Wildman–Crippen MR) is 146 cm³/mol. The SMILES string of the molecule is CC1(S(=O)(=O)N2CCC3(CC2)C(=O)N(Cc2ncc4ccccc4c2CCCCO)c2cnccc23)CC1. The summed E-state index contributed by atoms with van der Waals surface area (Å²) in [5.41, 5.74) is 2.94. The van der Waals surface area contributed by atoms with Crippen molar-refractivity contribution in [2.75, 3.05) is 24.6 Å². The monoisotopic (exact) mass is 534 g/mol. The average Bonchev–Trinajstić information content (AvgIpc) is 3.67. The fourth-order valence-electron chi connectivity index (χ4n) is 6.23. The third kappa shape index (κ3) is 3.94. The summed E-state index contributed by atoms with van der Waals surface area (Å²) in [5.74, 6) is 0.00597. The first kappa shape index (κ1) is 25.4. The van der Waals surface area contributed by atoms with Crippen molar-refractivity contribution in [3.05, 3.63) is 65.7 Å². The number of aryl methyl sites for hydroxylation is 1. The number of unbranched alkanes of at least 4 members (excludes halogenated alkanes) is 1. The molecule has 9 heteroatoms. The Morgan fingerprint density at radius 1 is 1.03 bits per heavy atom. The van der Waals surface area contributed by atoms with Crippen molar-refractivity contribution in [2.24, 2.45) is 0 Å². The van der Waals surface area contributed by atoms with Gasteiger partial charge in [0.05, 0.1) is 34.3 Å². The van der Waals surface area contributed by atoms with Gasteiger partial charge in [-0.25, -0.2) is 12.7 Å². The van der Waals surface area contributed by atoms with E-state index in [9.17, 15) is 18.3 Å². The lowest BCUT2D eigenvalue weighted by atomic mass is 9.74. The first-order valence-electron chi connectivity index (χ1n) is 13.5. The highest BCUT2D eigenvalue weighted by Gasteiger charge is 2.57. The predicted octanol–water partition coefficient (Wildman–Crippen LogP) is 3.71. The zero-order valence-electron chi connectivity index (χ0n) is 21.8. The molecule has 0 atom stereocenters. The number of rotatable bonds is 8. The number of hydrogen-bond acceptors (Lipinski definition) is 6. The van der Waals surface area contributed by atoms with Crippen LogP contribution >= 0.6 is 0 Å². The second kappa shape index (κ2) is 9.39. The molecule has 200 valence electrons. The molecule has 1 saturated carbocycles. The van der Waals surface area contributed by atoms with E-state index in [1.54, 1.807) is 21.6 Å². The molecule has 1 aliphatic carbocycles. The number of hydrogen-bond donors (Lipinski definition) is 1. The first-order chi connectivity index (χ1) is 18.3. The van der Waals surface area contributed by atoms with Crippen molar-refractivity contribution in [3.8, 4) is 0 Å². The van der Waals surface area contributed by atoms with E-state index >= 15 is 0 Å². The summed E-state index contributed by atoms with van der Waals surface area (Å²) >= 11 is 0. The van der Waals surface area contributed by atoms with Crippen molar-refractivity contribution >= 4 is 32.4 Å². The van der Waals surface area contributed by atoms with Gasteiger partial charge in [-0.1, -0.05) is 24.3 Å². The Balaban J connectivity index is 1.32. The Morgan fingerprint density at radius 3 is 2.53 bits per heavy atom. The van der Waals surface area contributed by atoms with Crippen LogP contribution in [0.1, 0.15) is 62.3 Å². The first-order valence-corrected chi connectivity index (χ1v) is 15.0. The number of piperidine rings is 1. The highest BCUT2D eigenvalue weighted by molar-refractivity contribution is 7.90. The van der Waals surface area contributed by atoms with Crippen molar-refractivity contribution in [1.29, 1.82) is 0 Å². The molecule has 2 fully saturated rings. The summed E-state index contributed by atoms with van der Waals surface area (Å²) in [4.78, 5) is 25.2. The number of anilines is 1. The molecule has 1 aromatic carbocycles. The molecule has 2 aliphatic heterocycles. The zero-order chi connectivity index (χ0) is 26.5. The quantitative estimate of drug-likeness (QED) is 0.442. The molecule has 2 aromatic heterocycles. The molecule has 0 radical (unpaired) electrons. The van der Waals surface area contributed by atoms with Gasteiger partial charge in [0, 0.05) is 37.5 Å². The number of amides is 1. The molecule has 3 aromatic rings. The van der Waals surface area contributed by atoms with E-state index in [-0.39, 0.29) is 12.5 Å². The van der Waals surface area contributed by atoms with E-state index in [1.807, 2.05) is 37.4 Å². The maximum Gasteiger partial charge on any atom is 0.238 e. The van der Waals surface area contributed by atoms with Crippen LogP contribution in [0.25, 0.3) is 10.8 Å². The number of carbonyl (C=O) groups excluding carboxylic acids is 1. The normalized spacial score (nSPS) is 20.3. The van der Waals surface area contributed by atoms with Crippen LogP contribution in [0.4, 0.5) is 5.69 Å². The molecule has 0 bridgehead atoms. The van der Waals surface area contributed by atoms with Crippen LogP contribution in [0.3, 0.4) is 0 Å². The minimum atomic E-state index is -3.36. The van der Waals surface area contributed by atoms with Crippen LogP contribution in [0.2, 0.25) is 0 Å². The largest absolute Gasteiger partial charge is 0.396 e. The van der Waals surface area contributed by atoms with Gasteiger partial charge in [-0.2, -0.15) is 0 Å². The summed E-state index contributed by atoms with van der Waals surface area (Å²) in [6.07, 6.45) is 9.98. The van der Waals surface area contributed by atoms with E-state index in [0.29, 0.717) is 51.7 Å². The maximum absolute atomic E-state index is 14.2. The Bertz CT molecular complexity index is 1490. The molecule has 1 amide bonds. The number of aromatic nitrogens is 2. The number of fused-ring (bicyclic) bond motifs is 3. The van der Waals surface area contributed by atoms with Crippen molar-refractivity contribution in [2.45, 2.75) is 68.6 Å². The van der Waals surface area contributed by atoms with E-state index < -0.39 is 20.2 Å². The fourth-order valence-corrected chi connectivity index (χ4v) is 8.13. The minimum Gasteiger partial charge on any atom is -0.396 e. The van der Waals surface area contributed by atoms with Crippen molar-refractivity contribution < 1.29 is 18.3 Å². The number of carbonyl (C=O) groups is 1. The third-order valence-electron chi connectivity index (χ3n) is 8.89. The van der Waals surface area contributed by atoms with Gasteiger partial charge in [-0.15, -0.1) is 0 Å². The lowest BCUT2D eigenvalue weighted by molar-refractivity contribution is -0.124. The molecular weight excluding hydrogens is 500 g/mol. The van der Waals surface area contributed by atoms with Crippen molar-refractivity contribution in [3.63, 3.8) is 0 Å². The van der Waals surface area contributed by atoms with Crippen LogP contribution in [0, 0.1) is 0 Å². The number of aliphatic hydroxyl groups is 1. The van der Waals surface area contributed by atoms with Gasteiger partial charge < -0.3 is 10.0 Å². The number of sulfonamides is 1. The Hall–Kier alpha value is -2.88. The van der Waals surface area contributed by atoms with Gasteiger partial charge in [0.15, 0.2) is 0 Å². The molecule has 8 nitrogen and oxygen atoms in total. The zero-order valence-corrected chi connectivity index (χ0v) is 22.6. The summed E-state index contributed by atoms with van der Waals surface area (Å²) in [7, 11) is -3.36. The number of pyridine rings is 2. The Labute approximate surface area is 223 Å². The summed E-state index contributed by atoms with van der Waals surface area (Å²) < 4.78 is 27.3. The highest BCUT2D eigenvalue weighted by atomic mass is 32.2. The second-order valence-corrected chi connectivity index (χ2v) is 13.6. The molecule has 1 spiro atoms. The maximum atomic E-state index is 14.2. The van der Waals surface area contributed by atoms with Gasteiger partial charge >= 0.3 is 0 Å². The molecule has 38 heavy (non-hydrogen) atoms. The van der Waals surface area contributed by atoms with E-state index in [1.165, 1.54) is 0 Å². The molecule has 1 saturated heterocycles. The summed E-state index contributed by atoms with van der Waals surface area (Å²) in [6, 6.07) is 10.1. The lowest BCUT2D eigenvalue weighted by Crippen LogP contribution is -2.51. The van der Waals surface area contributed by atoms with Crippen LogP contribution in [0.5, 0.6) is 0 Å². The molecule has 1 N–H and O–H groups in total. The number of aliphatic hydroxyl groups excluding tert-OH is 1. The van der Waals surface area contributed by atoms with E-state index in [0.717, 1.165) is 46.1 Å². The number of benzene rings is 1. The summed E-state index contributed by atoms with van der Waals surface area (Å²) in [6.45, 7) is 2.99. The molecule has 4 heterocycles. The molecular formula is C29H34N4O4S. The van der Waals surface area contributed by atoms with Crippen molar-refractivity contribution in [1.82, 2.24) is 14.3 Å². The minimum absolute atomic E-state index is 0.00597. The average molecular weight is 535 g/mol. The number of nitrogens with zero attached hydrogens (tertiary/aromatic N) is 4. The van der Waals surface area contributed by atoms with Gasteiger partial charge in [0.25, 0.3) is 0 Å². The molecule has 3 aliphatic rings. The Morgan fingerprint density at radius 2 is 1.79 bits per heavy atom. The van der Waals surface area contributed by atoms with Crippen LogP contribution in [-0.4, -0.2) is 58.1 Å². The third-order valence-corrected chi connectivity index (χ3v) is 11.6. The van der Waals surface area contributed by atoms with Crippen LogP contribution in [0.15, 0.2) is 48.9 Å².